The third-order valence-corrected chi connectivity index (χ3v) is 8.02. The number of hydrogen-bond donors (Lipinski definition) is 3. The lowest BCUT2D eigenvalue weighted by Gasteiger charge is -2.34. The first kappa shape index (κ1) is 27.2. The highest BCUT2D eigenvalue weighted by Gasteiger charge is 2.32. The number of nitrogens with one attached hydrogen (secondary N) is 2. The van der Waals surface area contributed by atoms with Crippen LogP contribution in [0.3, 0.4) is 0 Å². The number of sulfonamides is 1. The normalized spacial score (nSPS) is 18.4. The number of nitrogens with zero attached hydrogens (tertiary/aromatic N) is 4. The van der Waals surface area contributed by atoms with E-state index < -0.39 is 33.0 Å². The molecule has 1 saturated heterocycles. The fourth-order valence-corrected chi connectivity index (χ4v) is 5.80. The monoisotopic (exact) mass is 578 g/mol. The molecule has 1 aliphatic heterocycles. The van der Waals surface area contributed by atoms with Crippen molar-refractivity contribution in [1.29, 1.82) is 0 Å². The van der Waals surface area contributed by atoms with E-state index in [-0.39, 0.29) is 35.6 Å². The van der Waals surface area contributed by atoms with E-state index in [1.54, 1.807) is 19.1 Å². The number of piperidine rings is 1. The number of H-pyrrole nitrogens is 1. The van der Waals surface area contributed by atoms with E-state index in [1.165, 1.54) is 18.2 Å². The first-order valence-electron chi connectivity index (χ1n) is 12.1. The molecule has 2 aromatic carbocycles. The quantitative estimate of drug-likeness (QED) is 0.288. The number of aryl methyl sites for hydroxylation is 1. The lowest BCUT2D eigenvalue weighted by Crippen LogP contribution is -2.47. The predicted molar refractivity (Wildman–Crippen MR) is 142 cm³/mol. The Labute approximate surface area is 228 Å². The Morgan fingerprint density at radius 3 is 2.72 bits per heavy atom. The Balaban J connectivity index is 1.40. The number of β-amino-alcohol motifs (C(OH)–C–C–N with tert-alkyl or cyclic N) is 1. The van der Waals surface area contributed by atoms with Crippen LogP contribution in [0.15, 0.2) is 47.4 Å². The summed E-state index contributed by atoms with van der Waals surface area (Å²) in [7, 11) is -4.23. The molecule has 0 unspecified atom stereocenters. The Morgan fingerprint density at radius 2 is 2.00 bits per heavy atom. The minimum absolute atomic E-state index is 0.0416. The molecule has 1 aliphatic rings. The van der Waals surface area contributed by atoms with Crippen LogP contribution in [0.4, 0.5) is 14.5 Å². The van der Waals surface area contributed by atoms with Gasteiger partial charge in [-0.05, 0) is 55.8 Å². The minimum atomic E-state index is -4.23. The number of rotatable bonds is 8. The summed E-state index contributed by atoms with van der Waals surface area (Å²) in [5, 5.41) is 16.8. The van der Waals surface area contributed by atoms with Crippen molar-refractivity contribution < 1.29 is 27.0 Å². The number of aliphatic hydroxyl groups is 1. The lowest BCUT2D eigenvalue weighted by molar-refractivity contribution is 0.0153. The van der Waals surface area contributed by atoms with E-state index in [2.05, 4.69) is 24.9 Å². The van der Waals surface area contributed by atoms with Crippen molar-refractivity contribution in [3.63, 3.8) is 0 Å². The molecule has 206 valence electrons. The number of likely N-dealkylation sites (tertiary alicyclic amines) is 1. The summed E-state index contributed by atoms with van der Waals surface area (Å²) < 4.78 is 62.8. The number of halogens is 3. The maximum absolute atomic E-state index is 14.9. The number of aromatic nitrogens is 4. The Hall–Kier alpha value is -3.39. The fraction of sp³-hybridized carbons (Fsp3) is 0.320. The number of aromatic amines is 1. The molecule has 3 heterocycles. The molecule has 2 atom stereocenters. The summed E-state index contributed by atoms with van der Waals surface area (Å²) in [5.41, 5.74) is 1.71. The summed E-state index contributed by atoms with van der Waals surface area (Å²) in [6.45, 7) is 2.84. The van der Waals surface area contributed by atoms with Gasteiger partial charge in [0.15, 0.2) is 11.5 Å². The largest absolute Gasteiger partial charge is 0.471 e. The number of aliphatic hydroxyl groups excluding tert-OH is 1. The van der Waals surface area contributed by atoms with E-state index >= 15 is 0 Å². The van der Waals surface area contributed by atoms with Gasteiger partial charge in [0.25, 0.3) is 10.0 Å². The number of benzene rings is 2. The highest BCUT2D eigenvalue weighted by molar-refractivity contribution is 7.92. The molecule has 0 radical (unpaired) electrons. The zero-order valence-corrected chi connectivity index (χ0v) is 22.3. The van der Waals surface area contributed by atoms with Crippen LogP contribution in [0.2, 0.25) is 5.02 Å². The van der Waals surface area contributed by atoms with E-state index in [1.807, 2.05) is 4.90 Å². The Kier molecular flexibility index (Phi) is 7.67. The van der Waals surface area contributed by atoms with Crippen molar-refractivity contribution in [2.45, 2.75) is 30.5 Å². The van der Waals surface area contributed by atoms with Crippen LogP contribution in [0, 0.1) is 12.7 Å². The van der Waals surface area contributed by atoms with Crippen LogP contribution in [-0.4, -0.2) is 77.1 Å². The Bertz CT molecular complexity index is 1600. The third-order valence-electron chi connectivity index (χ3n) is 6.39. The minimum Gasteiger partial charge on any atom is -0.471 e. The summed E-state index contributed by atoms with van der Waals surface area (Å²) in [4.78, 5) is 10.3. The summed E-state index contributed by atoms with van der Waals surface area (Å²) in [6.07, 6.45) is -1.59. The zero-order chi connectivity index (χ0) is 27.7. The molecule has 5 rings (SSSR count). The van der Waals surface area contributed by atoms with Gasteiger partial charge in [-0.1, -0.05) is 11.6 Å². The van der Waals surface area contributed by atoms with Gasteiger partial charge in [-0.2, -0.15) is 10.1 Å². The summed E-state index contributed by atoms with van der Waals surface area (Å²) in [5.74, 6) is -0.488. The third kappa shape index (κ3) is 5.81. The Morgan fingerprint density at radius 1 is 1.23 bits per heavy atom. The molecule has 3 N–H and O–H groups in total. The van der Waals surface area contributed by atoms with Gasteiger partial charge >= 0.3 is 0 Å². The molecule has 0 bridgehead atoms. The van der Waals surface area contributed by atoms with Gasteiger partial charge in [0.05, 0.1) is 12.3 Å². The zero-order valence-electron chi connectivity index (χ0n) is 20.7. The molecule has 10 nitrogen and oxygen atoms in total. The van der Waals surface area contributed by atoms with Crippen LogP contribution in [0.25, 0.3) is 22.4 Å². The van der Waals surface area contributed by atoms with Gasteiger partial charge in [-0.15, -0.1) is 0 Å². The first-order valence-corrected chi connectivity index (χ1v) is 14.0. The molecule has 0 amide bonds. The second-order valence-corrected chi connectivity index (χ2v) is 11.2. The molecule has 0 aliphatic carbocycles. The van der Waals surface area contributed by atoms with Crippen LogP contribution in [-0.2, 0) is 10.0 Å². The van der Waals surface area contributed by atoms with Gasteiger partial charge < -0.3 is 9.84 Å². The second kappa shape index (κ2) is 11.0. The topological polar surface area (TPSA) is 133 Å². The van der Waals surface area contributed by atoms with Gasteiger partial charge in [-0.3, -0.25) is 14.7 Å². The van der Waals surface area contributed by atoms with Gasteiger partial charge in [0.2, 0.25) is 5.88 Å². The van der Waals surface area contributed by atoms with Crippen molar-refractivity contribution in [2.24, 2.45) is 0 Å². The van der Waals surface area contributed by atoms with Gasteiger partial charge in [0.1, 0.15) is 28.4 Å². The average molecular weight is 579 g/mol. The van der Waals surface area contributed by atoms with E-state index in [9.17, 15) is 17.2 Å². The molecule has 39 heavy (non-hydrogen) atoms. The number of alkyl halides is 1. The highest BCUT2D eigenvalue weighted by Crippen LogP contribution is 2.31. The van der Waals surface area contributed by atoms with Crippen molar-refractivity contribution in [2.75, 3.05) is 31.0 Å². The fourth-order valence-electron chi connectivity index (χ4n) is 4.40. The van der Waals surface area contributed by atoms with Crippen LogP contribution >= 0.6 is 11.6 Å². The molecule has 14 heteroatoms. The van der Waals surface area contributed by atoms with Crippen molar-refractivity contribution >= 4 is 38.3 Å². The van der Waals surface area contributed by atoms with Crippen LogP contribution in [0.1, 0.15) is 12.1 Å². The average Bonchev–Trinajstić information content (AvgIpc) is 3.28. The molecule has 0 saturated carbocycles. The van der Waals surface area contributed by atoms with Gasteiger partial charge in [0, 0.05) is 35.9 Å². The smallest absolute Gasteiger partial charge is 0.264 e. The van der Waals surface area contributed by atoms with E-state index in [0.29, 0.717) is 41.8 Å². The predicted octanol–water partition coefficient (Wildman–Crippen LogP) is 3.71. The molecule has 0 spiro atoms. The van der Waals surface area contributed by atoms with Crippen molar-refractivity contribution in [1.82, 2.24) is 25.1 Å². The van der Waals surface area contributed by atoms with Crippen molar-refractivity contribution in [3.05, 3.63) is 59.0 Å². The van der Waals surface area contributed by atoms with Crippen LogP contribution in [0.5, 0.6) is 5.88 Å². The molecule has 1 fully saturated rings. The van der Waals surface area contributed by atoms with E-state index in [0.717, 1.165) is 12.1 Å². The molecular weight excluding hydrogens is 554 g/mol. The number of hydrogen-bond acceptors (Lipinski definition) is 8. The SMILES string of the molecule is Cc1n[nH]c2nc(-c3ccc(NS(=O)(=O)c4cc(Cl)ccc4F)cc3)nc(O[C@@H]3CCN(CCO)C[C@@H]3F)c12. The molecule has 2 aromatic heterocycles. The van der Waals surface area contributed by atoms with Crippen LogP contribution < -0.4 is 9.46 Å². The standard InChI is InChI=1S/C25H25ClF2N6O4S/c1-14-22-24(32-31-14)29-23(30-25(22)38-20-8-9-34(10-11-35)13-19(20)28)15-2-5-17(6-3-15)33-39(36,37)21-12-16(26)4-7-18(21)27/h2-7,12,19-20,33,35H,8-11,13H2,1H3,(H,29,30,31,32)/t19-,20+/m0/s1. The van der Waals surface area contributed by atoms with E-state index in [4.69, 9.17) is 21.4 Å². The summed E-state index contributed by atoms with van der Waals surface area (Å²) in [6, 6.07) is 9.41. The van der Waals surface area contributed by atoms with Gasteiger partial charge in [-0.25, -0.2) is 22.2 Å². The molecular formula is C25H25ClF2N6O4S. The molecule has 4 aromatic rings. The maximum Gasteiger partial charge on any atom is 0.264 e. The number of anilines is 1. The first-order chi connectivity index (χ1) is 18.6. The maximum atomic E-state index is 14.9. The number of fused-ring (bicyclic) bond motifs is 1. The number of ether oxygens (including phenoxy) is 1. The highest BCUT2D eigenvalue weighted by atomic mass is 35.5. The summed E-state index contributed by atoms with van der Waals surface area (Å²) >= 11 is 5.84. The lowest BCUT2D eigenvalue weighted by atomic mass is 10.1. The van der Waals surface area contributed by atoms with Crippen molar-refractivity contribution in [3.8, 4) is 17.3 Å². The second-order valence-electron chi connectivity index (χ2n) is 9.13.